The molecule has 2 atom stereocenters. The lowest BCUT2D eigenvalue weighted by atomic mass is 9.76. The molecule has 8 nitrogen and oxygen atoms in total. The van der Waals surface area contributed by atoms with Gasteiger partial charge in [-0.25, -0.2) is 19.5 Å². The van der Waals surface area contributed by atoms with Crippen molar-refractivity contribution < 1.29 is 32.3 Å². The van der Waals surface area contributed by atoms with Crippen molar-refractivity contribution in [1.82, 2.24) is 15.0 Å². The first-order valence-electron chi connectivity index (χ1n) is 13.4. The number of aliphatic hydroxyl groups is 1. The third-order valence-electron chi connectivity index (χ3n) is 7.31. The zero-order chi connectivity index (χ0) is 30.2. The minimum atomic E-state index is -4.50. The van der Waals surface area contributed by atoms with Crippen LogP contribution in [-0.2, 0) is 35.6 Å². The van der Waals surface area contributed by atoms with E-state index in [9.17, 15) is 27.7 Å². The summed E-state index contributed by atoms with van der Waals surface area (Å²) in [5.74, 6) is 0.744. The van der Waals surface area contributed by atoms with Crippen LogP contribution in [-0.4, -0.2) is 25.0 Å². The molecule has 0 amide bonds. The summed E-state index contributed by atoms with van der Waals surface area (Å²) in [4.78, 5) is 23.4. The number of rotatable bonds is 8. The summed E-state index contributed by atoms with van der Waals surface area (Å²) in [5.41, 5.74) is 2.35. The van der Waals surface area contributed by atoms with Crippen molar-refractivity contribution in [3.8, 4) is 16.3 Å². The second-order valence-electron chi connectivity index (χ2n) is 10.1. The van der Waals surface area contributed by atoms with Gasteiger partial charge in [0, 0.05) is 28.1 Å². The number of halogens is 3. The van der Waals surface area contributed by atoms with Crippen molar-refractivity contribution in [2.24, 2.45) is 0 Å². The number of anilines is 2. The Labute approximate surface area is 245 Å². The van der Waals surface area contributed by atoms with Crippen LogP contribution in [0.15, 0.2) is 42.7 Å². The van der Waals surface area contributed by atoms with E-state index in [2.05, 4.69) is 20.3 Å². The van der Waals surface area contributed by atoms with Crippen LogP contribution in [0.5, 0.6) is 5.75 Å². The molecule has 0 aliphatic heterocycles. The number of aryl methyl sites for hydroxylation is 2. The normalized spacial score (nSPS) is 17.1. The van der Waals surface area contributed by atoms with Crippen LogP contribution in [0, 0.1) is 6.92 Å². The van der Waals surface area contributed by atoms with Crippen LogP contribution >= 0.6 is 19.6 Å². The number of alkyl halides is 3. The van der Waals surface area contributed by atoms with Crippen molar-refractivity contribution in [2.75, 3.05) is 5.32 Å². The molecule has 1 aliphatic rings. The van der Waals surface area contributed by atoms with Crippen LogP contribution in [0.1, 0.15) is 65.1 Å². The Hall–Kier alpha value is -3.44. The summed E-state index contributed by atoms with van der Waals surface area (Å²) >= 11 is 1.29. The number of pyridine rings is 2. The van der Waals surface area contributed by atoms with Crippen molar-refractivity contribution in [1.29, 1.82) is 0 Å². The van der Waals surface area contributed by atoms with Gasteiger partial charge in [-0.05, 0) is 86.1 Å². The standard InChI is InChI=1S/C29H28F3N4O4PS/c1-4-17-13-21-20(19(5-2)26(17)40-41(38)39)7-6-9-28(21,37)27-34-15-23(42-27)22-11-16(3)12-25(35-22)36-24-14-18(8-10-33-24)29(30,31)32/h8,10-15,37H,4-7,9H2,1-3H3,(H-,33,35,36,38,39)/p+1/t28-/m1/s1. The molecular formula is C29H29F3N4O4PS+. The summed E-state index contributed by atoms with van der Waals surface area (Å²) in [6.07, 6.45) is 1.16. The topological polar surface area (TPSA) is 117 Å². The maximum absolute atomic E-state index is 13.2. The Morgan fingerprint density at radius 3 is 2.62 bits per heavy atom. The van der Waals surface area contributed by atoms with E-state index < -0.39 is 25.6 Å². The minimum Gasteiger partial charge on any atom is -0.378 e. The molecule has 13 heteroatoms. The fraction of sp³-hybridized carbons (Fsp3) is 0.345. The minimum absolute atomic E-state index is 0.0135. The molecule has 0 bridgehead atoms. The number of fused-ring (bicyclic) bond motifs is 1. The number of benzene rings is 1. The lowest BCUT2D eigenvalue weighted by Crippen LogP contribution is -2.33. The van der Waals surface area contributed by atoms with Gasteiger partial charge in [0.25, 0.3) is 0 Å². The number of thiazole rings is 1. The lowest BCUT2D eigenvalue weighted by Gasteiger charge is -2.35. The molecule has 0 radical (unpaired) electrons. The fourth-order valence-electron chi connectivity index (χ4n) is 5.43. The molecule has 5 rings (SSSR count). The first-order chi connectivity index (χ1) is 19.9. The molecule has 3 heterocycles. The van der Waals surface area contributed by atoms with Gasteiger partial charge in [0.1, 0.15) is 22.2 Å². The molecular weight excluding hydrogens is 588 g/mol. The van der Waals surface area contributed by atoms with Crippen molar-refractivity contribution >= 4 is 31.2 Å². The molecule has 42 heavy (non-hydrogen) atoms. The van der Waals surface area contributed by atoms with E-state index in [1.807, 2.05) is 32.9 Å². The van der Waals surface area contributed by atoms with Gasteiger partial charge in [-0.15, -0.1) is 16.2 Å². The van der Waals surface area contributed by atoms with Gasteiger partial charge < -0.3 is 10.4 Å². The van der Waals surface area contributed by atoms with Crippen LogP contribution in [0.2, 0.25) is 0 Å². The van der Waals surface area contributed by atoms with Crippen molar-refractivity contribution in [3.05, 3.63) is 81.1 Å². The summed E-state index contributed by atoms with van der Waals surface area (Å²) in [6, 6.07) is 7.23. The molecule has 1 aromatic carbocycles. The zero-order valence-electron chi connectivity index (χ0n) is 23.1. The second-order valence-corrected chi connectivity index (χ2v) is 11.8. The van der Waals surface area contributed by atoms with Gasteiger partial charge in [0.05, 0.1) is 16.1 Å². The van der Waals surface area contributed by atoms with Crippen LogP contribution in [0.25, 0.3) is 10.6 Å². The van der Waals surface area contributed by atoms with E-state index >= 15 is 0 Å². The summed E-state index contributed by atoms with van der Waals surface area (Å²) in [5, 5.41) is 15.5. The average Bonchev–Trinajstić information content (AvgIpc) is 3.44. The van der Waals surface area contributed by atoms with E-state index in [-0.39, 0.29) is 5.82 Å². The number of nitrogens with zero attached hydrogens (tertiary/aromatic N) is 3. The first-order valence-corrected chi connectivity index (χ1v) is 15.4. The molecule has 0 fully saturated rings. The molecule has 1 aliphatic carbocycles. The number of nitrogens with one attached hydrogen (secondary N) is 1. The number of hydrogen-bond acceptors (Lipinski definition) is 8. The first kappa shape index (κ1) is 30.0. The van der Waals surface area contributed by atoms with Crippen LogP contribution in [0.4, 0.5) is 24.8 Å². The molecule has 1 unspecified atom stereocenters. The van der Waals surface area contributed by atoms with Crippen LogP contribution in [0.3, 0.4) is 0 Å². The predicted octanol–water partition coefficient (Wildman–Crippen LogP) is 7.40. The highest BCUT2D eigenvalue weighted by Gasteiger charge is 2.41. The third kappa shape index (κ3) is 5.89. The van der Waals surface area contributed by atoms with Gasteiger partial charge in [0.15, 0.2) is 5.75 Å². The monoisotopic (exact) mass is 617 g/mol. The van der Waals surface area contributed by atoms with Gasteiger partial charge >= 0.3 is 14.4 Å². The summed E-state index contributed by atoms with van der Waals surface area (Å²) < 4.78 is 56.4. The molecule has 4 aromatic rings. The van der Waals surface area contributed by atoms with Gasteiger partial charge in [-0.3, -0.25) is 0 Å². The molecule has 3 aromatic heterocycles. The quantitative estimate of drug-likeness (QED) is 0.175. The fourth-order valence-corrected chi connectivity index (χ4v) is 6.82. The highest BCUT2D eigenvalue weighted by Crippen LogP contribution is 2.48. The summed E-state index contributed by atoms with van der Waals surface area (Å²) in [7, 11) is -2.84. The van der Waals surface area contributed by atoms with Crippen molar-refractivity contribution in [2.45, 2.75) is 64.7 Å². The number of aromatic nitrogens is 3. The van der Waals surface area contributed by atoms with E-state index in [1.54, 1.807) is 12.3 Å². The Morgan fingerprint density at radius 2 is 1.93 bits per heavy atom. The van der Waals surface area contributed by atoms with Gasteiger partial charge in [-0.2, -0.15) is 13.2 Å². The Balaban J connectivity index is 1.51. The van der Waals surface area contributed by atoms with E-state index in [1.165, 1.54) is 11.3 Å². The zero-order valence-corrected chi connectivity index (χ0v) is 24.8. The number of hydrogen-bond donors (Lipinski definition) is 3. The molecule has 220 valence electrons. The predicted molar refractivity (Wildman–Crippen MR) is 154 cm³/mol. The molecule has 0 saturated heterocycles. The molecule has 0 spiro atoms. The Kier molecular flexibility index (Phi) is 8.35. The second kappa shape index (κ2) is 11.7. The highest BCUT2D eigenvalue weighted by molar-refractivity contribution is 7.32. The smallest absolute Gasteiger partial charge is 0.378 e. The van der Waals surface area contributed by atoms with E-state index in [4.69, 9.17) is 4.52 Å². The lowest BCUT2D eigenvalue weighted by molar-refractivity contribution is -0.137. The molecule has 0 saturated carbocycles. The largest absolute Gasteiger partial charge is 0.747 e. The van der Waals surface area contributed by atoms with Gasteiger partial charge in [-0.1, -0.05) is 13.8 Å². The molecule has 3 N–H and O–H groups in total. The van der Waals surface area contributed by atoms with E-state index in [0.717, 1.165) is 46.1 Å². The van der Waals surface area contributed by atoms with E-state index in [0.29, 0.717) is 59.3 Å². The SMILES string of the molecule is CCc1cc2c(c(CC)c1O[P+](=O)O)CCC[C@]2(O)c1ncc(-c2cc(C)cc(Nc3cc(C(F)(F)F)ccn3)n2)s1. The highest BCUT2D eigenvalue weighted by atomic mass is 32.1. The Morgan fingerprint density at radius 1 is 1.14 bits per heavy atom. The summed E-state index contributed by atoms with van der Waals surface area (Å²) in [6.45, 7) is 5.72. The van der Waals surface area contributed by atoms with Crippen LogP contribution < -0.4 is 9.84 Å². The third-order valence-corrected chi connectivity index (χ3v) is 8.82. The average molecular weight is 618 g/mol. The maximum Gasteiger partial charge on any atom is 0.747 e. The van der Waals surface area contributed by atoms with Gasteiger partial charge in [0.2, 0.25) is 0 Å². The van der Waals surface area contributed by atoms with Crippen molar-refractivity contribution in [3.63, 3.8) is 0 Å². The Bertz CT molecular complexity index is 1660. The maximum atomic E-state index is 13.2.